The lowest BCUT2D eigenvalue weighted by Gasteiger charge is -2.42. The Balaban J connectivity index is 1.39. The lowest BCUT2D eigenvalue weighted by atomic mass is 9.73. The van der Waals surface area contributed by atoms with Gasteiger partial charge in [0, 0.05) is 25.0 Å². The SMILES string of the molecule is N#CCc1ccc(CC2(CNC3CC3c3ccccc3)CCN(CCC(=O)O)CC2)cc1. The van der Waals surface area contributed by atoms with Crippen molar-refractivity contribution in [2.45, 2.75) is 50.5 Å². The van der Waals surface area contributed by atoms with Crippen molar-refractivity contribution in [3.63, 3.8) is 0 Å². The summed E-state index contributed by atoms with van der Waals surface area (Å²) in [5.74, 6) is -0.101. The molecule has 2 N–H and O–H groups in total. The Kier molecular flexibility index (Phi) is 7.24. The van der Waals surface area contributed by atoms with Gasteiger partial charge < -0.3 is 15.3 Å². The highest BCUT2D eigenvalue weighted by Crippen LogP contribution is 2.42. The molecule has 168 valence electrons. The van der Waals surface area contributed by atoms with E-state index in [0.29, 0.717) is 24.9 Å². The van der Waals surface area contributed by atoms with Gasteiger partial charge in [0.05, 0.1) is 18.9 Å². The number of nitrogens with zero attached hydrogens (tertiary/aromatic N) is 2. The minimum atomic E-state index is -0.721. The predicted octanol–water partition coefficient (Wildman–Crippen LogP) is 4.00. The zero-order valence-corrected chi connectivity index (χ0v) is 18.7. The second-order valence-electron chi connectivity index (χ2n) is 9.55. The number of carboxylic acid groups (broad SMARTS) is 1. The van der Waals surface area contributed by atoms with Gasteiger partial charge in [-0.3, -0.25) is 4.79 Å². The highest BCUT2D eigenvalue weighted by molar-refractivity contribution is 5.66. The molecule has 1 aliphatic carbocycles. The number of carboxylic acids is 1. The van der Waals surface area contributed by atoms with E-state index in [1.54, 1.807) is 0 Å². The van der Waals surface area contributed by atoms with Crippen LogP contribution < -0.4 is 5.32 Å². The Hall–Kier alpha value is -2.68. The number of piperidine rings is 1. The zero-order chi connectivity index (χ0) is 22.4. The van der Waals surface area contributed by atoms with Gasteiger partial charge in [-0.25, -0.2) is 0 Å². The molecule has 0 radical (unpaired) electrons. The minimum Gasteiger partial charge on any atom is -0.481 e. The maximum Gasteiger partial charge on any atom is 0.304 e. The monoisotopic (exact) mass is 431 g/mol. The van der Waals surface area contributed by atoms with E-state index < -0.39 is 5.97 Å². The molecule has 2 fully saturated rings. The van der Waals surface area contributed by atoms with Gasteiger partial charge >= 0.3 is 5.97 Å². The van der Waals surface area contributed by atoms with Crippen LogP contribution in [0.4, 0.5) is 0 Å². The smallest absolute Gasteiger partial charge is 0.304 e. The molecule has 1 heterocycles. The van der Waals surface area contributed by atoms with Crippen LogP contribution in [0, 0.1) is 16.7 Å². The molecule has 5 nitrogen and oxygen atoms in total. The summed E-state index contributed by atoms with van der Waals surface area (Å²) in [6.45, 7) is 3.54. The Morgan fingerprint density at radius 3 is 2.44 bits per heavy atom. The van der Waals surface area contributed by atoms with Crippen LogP contribution in [-0.2, 0) is 17.6 Å². The third-order valence-corrected chi connectivity index (χ3v) is 7.20. The van der Waals surface area contributed by atoms with E-state index in [1.807, 2.05) is 0 Å². The van der Waals surface area contributed by atoms with Crippen LogP contribution >= 0.6 is 0 Å². The van der Waals surface area contributed by atoms with Crippen molar-refractivity contribution >= 4 is 5.97 Å². The molecule has 2 aromatic carbocycles. The molecule has 1 saturated heterocycles. The molecule has 2 aromatic rings. The first-order valence-electron chi connectivity index (χ1n) is 11.7. The Bertz CT molecular complexity index is 928. The largest absolute Gasteiger partial charge is 0.481 e. The predicted molar refractivity (Wildman–Crippen MR) is 125 cm³/mol. The number of nitrogens with one attached hydrogen (secondary N) is 1. The van der Waals surface area contributed by atoms with Crippen molar-refractivity contribution < 1.29 is 9.90 Å². The van der Waals surface area contributed by atoms with Crippen LogP contribution in [-0.4, -0.2) is 48.2 Å². The molecule has 5 heteroatoms. The lowest BCUT2D eigenvalue weighted by Crippen LogP contribution is -2.47. The average molecular weight is 432 g/mol. The van der Waals surface area contributed by atoms with Gasteiger partial charge in [-0.05, 0) is 60.9 Å². The van der Waals surface area contributed by atoms with Crippen molar-refractivity contribution in [2.24, 2.45) is 5.41 Å². The normalized spacial score (nSPS) is 22.2. The van der Waals surface area contributed by atoms with E-state index in [-0.39, 0.29) is 11.8 Å². The van der Waals surface area contributed by atoms with Gasteiger partial charge in [0.1, 0.15) is 0 Å². The summed E-state index contributed by atoms with van der Waals surface area (Å²) >= 11 is 0. The highest BCUT2D eigenvalue weighted by Gasteiger charge is 2.41. The first kappa shape index (κ1) is 22.5. The number of hydrogen-bond acceptors (Lipinski definition) is 4. The molecule has 2 atom stereocenters. The Morgan fingerprint density at radius 1 is 1.09 bits per heavy atom. The second kappa shape index (κ2) is 10.3. The van der Waals surface area contributed by atoms with Gasteiger partial charge in [-0.1, -0.05) is 54.6 Å². The van der Waals surface area contributed by atoms with E-state index in [9.17, 15) is 4.79 Å². The summed E-state index contributed by atoms with van der Waals surface area (Å²) in [6.07, 6.45) is 5.03. The molecule has 0 amide bonds. The fourth-order valence-electron chi connectivity index (χ4n) is 5.06. The van der Waals surface area contributed by atoms with Gasteiger partial charge in [0.25, 0.3) is 0 Å². The molecule has 1 saturated carbocycles. The fourth-order valence-corrected chi connectivity index (χ4v) is 5.06. The Morgan fingerprint density at radius 2 is 1.78 bits per heavy atom. The van der Waals surface area contributed by atoms with E-state index in [4.69, 9.17) is 10.4 Å². The number of carbonyl (C=O) groups is 1. The summed E-state index contributed by atoms with van der Waals surface area (Å²) in [7, 11) is 0. The first-order valence-corrected chi connectivity index (χ1v) is 11.7. The van der Waals surface area contributed by atoms with Crippen molar-refractivity contribution in [3.8, 4) is 6.07 Å². The van der Waals surface area contributed by atoms with Crippen molar-refractivity contribution in [2.75, 3.05) is 26.2 Å². The molecule has 2 aliphatic rings. The van der Waals surface area contributed by atoms with E-state index in [1.165, 1.54) is 17.5 Å². The summed E-state index contributed by atoms with van der Waals surface area (Å²) in [4.78, 5) is 13.3. The maximum atomic E-state index is 11.0. The zero-order valence-electron chi connectivity index (χ0n) is 18.7. The van der Waals surface area contributed by atoms with Gasteiger partial charge in [0.15, 0.2) is 0 Å². The standard InChI is InChI=1S/C27H33N3O2/c28-14-10-21-6-8-22(9-7-21)19-27(12-16-30(17-13-27)15-11-26(31)32)20-29-25-18-24(25)23-4-2-1-3-5-23/h1-9,24-25,29H,10-13,15-20H2,(H,31,32). The van der Waals surface area contributed by atoms with E-state index in [0.717, 1.165) is 44.5 Å². The quantitative estimate of drug-likeness (QED) is 0.595. The van der Waals surface area contributed by atoms with E-state index in [2.05, 4.69) is 70.9 Å². The molecule has 0 spiro atoms. The van der Waals surface area contributed by atoms with E-state index >= 15 is 0 Å². The molecular weight excluding hydrogens is 398 g/mol. The number of nitriles is 1. The molecule has 1 aliphatic heterocycles. The van der Waals surface area contributed by atoms with Crippen LogP contribution in [0.5, 0.6) is 0 Å². The van der Waals surface area contributed by atoms with Crippen LogP contribution in [0.15, 0.2) is 54.6 Å². The van der Waals surface area contributed by atoms with Crippen LogP contribution in [0.2, 0.25) is 0 Å². The van der Waals surface area contributed by atoms with Crippen LogP contribution in [0.1, 0.15) is 48.3 Å². The third kappa shape index (κ3) is 5.97. The summed E-state index contributed by atoms with van der Waals surface area (Å²) in [6, 6.07) is 22.0. The number of aliphatic carboxylic acids is 1. The Labute approximate surface area is 191 Å². The summed E-state index contributed by atoms with van der Waals surface area (Å²) in [5, 5.41) is 21.8. The van der Waals surface area contributed by atoms with Gasteiger partial charge in [0.2, 0.25) is 0 Å². The topological polar surface area (TPSA) is 76.4 Å². The highest BCUT2D eigenvalue weighted by atomic mass is 16.4. The molecule has 0 aromatic heterocycles. The summed E-state index contributed by atoms with van der Waals surface area (Å²) < 4.78 is 0. The molecular formula is C27H33N3O2. The molecule has 32 heavy (non-hydrogen) atoms. The number of rotatable bonds is 10. The second-order valence-corrected chi connectivity index (χ2v) is 9.55. The molecule has 4 rings (SSSR count). The third-order valence-electron chi connectivity index (χ3n) is 7.20. The van der Waals surface area contributed by atoms with Crippen molar-refractivity contribution in [1.82, 2.24) is 10.2 Å². The first-order chi connectivity index (χ1) is 15.6. The molecule has 0 bridgehead atoms. The van der Waals surface area contributed by atoms with Gasteiger partial charge in [-0.15, -0.1) is 0 Å². The lowest BCUT2D eigenvalue weighted by molar-refractivity contribution is -0.137. The minimum absolute atomic E-state index is 0.181. The molecule has 2 unspecified atom stereocenters. The van der Waals surface area contributed by atoms with Gasteiger partial charge in [-0.2, -0.15) is 5.26 Å². The fraction of sp³-hybridized carbons (Fsp3) is 0.481. The number of likely N-dealkylation sites (tertiary alicyclic amines) is 1. The number of benzene rings is 2. The maximum absolute atomic E-state index is 11.0. The summed E-state index contributed by atoms with van der Waals surface area (Å²) in [5.41, 5.74) is 3.99. The van der Waals surface area contributed by atoms with Crippen LogP contribution in [0.3, 0.4) is 0 Å². The average Bonchev–Trinajstić information content (AvgIpc) is 3.59. The van der Waals surface area contributed by atoms with Crippen molar-refractivity contribution in [3.05, 3.63) is 71.3 Å². The number of hydrogen-bond donors (Lipinski definition) is 2. The van der Waals surface area contributed by atoms with Crippen molar-refractivity contribution in [1.29, 1.82) is 5.26 Å². The van der Waals surface area contributed by atoms with Crippen LogP contribution in [0.25, 0.3) is 0 Å².